The summed E-state index contributed by atoms with van der Waals surface area (Å²) in [5, 5.41) is 0. The first-order valence-corrected chi connectivity index (χ1v) is 8.99. The van der Waals surface area contributed by atoms with Crippen molar-refractivity contribution in [1.82, 2.24) is 4.90 Å². The summed E-state index contributed by atoms with van der Waals surface area (Å²) in [6, 6.07) is 11.4. The van der Waals surface area contributed by atoms with Crippen LogP contribution in [0.4, 0.5) is 13.2 Å². The van der Waals surface area contributed by atoms with E-state index in [1.54, 1.807) is 17.0 Å². The first kappa shape index (κ1) is 19.9. The van der Waals surface area contributed by atoms with Gasteiger partial charge < -0.3 is 9.64 Å². The van der Waals surface area contributed by atoms with Gasteiger partial charge in [-0.15, -0.1) is 0 Å². The second-order valence-electron chi connectivity index (χ2n) is 6.88. The van der Waals surface area contributed by atoms with E-state index in [0.29, 0.717) is 31.7 Å². The van der Waals surface area contributed by atoms with E-state index in [4.69, 9.17) is 4.74 Å². The molecule has 2 aromatic rings. The number of carbonyl (C=O) groups is 2. The topological polar surface area (TPSA) is 46.6 Å². The molecule has 0 unspecified atom stereocenters. The average Bonchev–Trinajstić information content (AvgIpc) is 2.67. The molecule has 0 N–H and O–H groups in total. The average molecular weight is 391 g/mol. The van der Waals surface area contributed by atoms with Crippen molar-refractivity contribution < 1.29 is 27.5 Å². The molecule has 148 valence electrons. The third-order valence-corrected chi connectivity index (χ3v) is 4.78. The number of aryl methyl sites for hydroxylation is 1. The molecule has 1 saturated heterocycles. The van der Waals surface area contributed by atoms with E-state index in [9.17, 15) is 22.8 Å². The summed E-state index contributed by atoms with van der Waals surface area (Å²) in [6.07, 6.45) is -3.52. The highest BCUT2D eigenvalue weighted by atomic mass is 19.4. The van der Waals surface area contributed by atoms with Gasteiger partial charge in [-0.2, -0.15) is 13.2 Å². The Labute approximate surface area is 160 Å². The lowest BCUT2D eigenvalue weighted by atomic mass is 9.96. The Morgan fingerprint density at radius 2 is 1.68 bits per heavy atom. The Bertz CT molecular complexity index is 854. The first-order chi connectivity index (χ1) is 13.2. The first-order valence-electron chi connectivity index (χ1n) is 8.99. The fraction of sp³-hybridized carbons (Fsp3) is 0.333. The number of ether oxygens (including phenoxy) is 1. The molecule has 0 atom stereocenters. The summed E-state index contributed by atoms with van der Waals surface area (Å²) >= 11 is 0. The molecule has 1 amide bonds. The highest BCUT2D eigenvalue weighted by Crippen LogP contribution is 2.29. The number of rotatable bonds is 3. The Morgan fingerprint density at radius 3 is 2.25 bits per heavy atom. The summed E-state index contributed by atoms with van der Waals surface area (Å²) in [4.78, 5) is 26.4. The minimum absolute atomic E-state index is 0.203. The molecule has 1 aliphatic rings. The van der Waals surface area contributed by atoms with Crippen LogP contribution in [0.1, 0.15) is 34.3 Å². The molecule has 0 radical (unpaired) electrons. The zero-order chi connectivity index (χ0) is 20.3. The van der Waals surface area contributed by atoms with Crippen LogP contribution in [0.25, 0.3) is 0 Å². The zero-order valence-corrected chi connectivity index (χ0v) is 15.3. The molecule has 2 aromatic carbocycles. The molecular formula is C21H20F3NO3. The van der Waals surface area contributed by atoms with Crippen LogP contribution in [0.5, 0.6) is 5.75 Å². The predicted octanol–water partition coefficient (Wildman–Crippen LogP) is 4.47. The van der Waals surface area contributed by atoms with Crippen molar-refractivity contribution in [2.75, 3.05) is 13.1 Å². The van der Waals surface area contributed by atoms with E-state index in [-0.39, 0.29) is 23.4 Å². The normalized spacial score (nSPS) is 15.4. The molecular weight excluding hydrogens is 371 g/mol. The van der Waals surface area contributed by atoms with Crippen LogP contribution >= 0.6 is 0 Å². The molecule has 0 aliphatic carbocycles. The van der Waals surface area contributed by atoms with Crippen LogP contribution in [0.15, 0.2) is 48.5 Å². The molecule has 28 heavy (non-hydrogen) atoms. The van der Waals surface area contributed by atoms with Gasteiger partial charge in [-0.25, -0.2) is 0 Å². The molecule has 0 aromatic heterocycles. The SMILES string of the molecule is Cc1cccc(OC(=O)C2CCN(C(=O)c3ccc(C(F)(F)F)cc3)CC2)c1. The van der Waals surface area contributed by atoms with Gasteiger partial charge in [-0.05, 0) is 61.7 Å². The van der Waals surface area contributed by atoms with E-state index < -0.39 is 11.7 Å². The van der Waals surface area contributed by atoms with Gasteiger partial charge in [-0.3, -0.25) is 9.59 Å². The maximum absolute atomic E-state index is 12.6. The largest absolute Gasteiger partial charge is 0.426 e. The van der Waals surface area contributed by atoms with Gasteiger partial charge in [0.2, 0.25) is 0 Å². The predicted molar refractivity (Wildman–Crippen MR) is 96.9 cm³/mol. The molecule has 1 fully saturated rings. The number of nitrogens with zero attached hydrogens (tertiary/aromatic N) is 1. The van der Waals surface area contributed by atoms with E-state index in [1.165, 1.54) is 12.1 Å². The summed E-state index contributed by atoms with van der Waals surface area (Å²) in [5.74, 6) is -0.475. The number of piperidine rings is 1. The Morgan fingerprint density at radius 1 is 1.04 bits per heavy atom. The summed E-state index contributed by atoms with van der Waals surface area (Å²) in [5.41, 5.74) is 0.401. The lowest BCUT2D eigenvalue weighted by Gasteiger charge is -2.31. The molecule has 7 heteroatoms. The van der Waals surface area contributed by atoms with Gasteiger partial charge in [0, 0.05) is 18.7 Å². The fourth-order valence-corrected chi connectivity index (χ4v) is 3.18. The maximum Gasteiger partial charge on any atom is 0.416 e. The van der Waals surface area contributed by atoms with Gasteiger partial charge >= 0.3 is 12.1 Å². The Kier molecular flexibility index (Phi) is 5.72. The maximum atomic E-state index is 12.6. The van der Waals surface area contributed by atoms with Crippen molar-refractivity contribution in [2.24, 2.45) is 5.92 Å². The van der Waals surface area contributed by atoms with Gasteiger partial charge in [0.1, 0.15) is 5.75 Å². The number of halogens is 3. The molecule has 0 saturated carbocycles. The summed E-state index contributed by atoms with van der Waals surface area (Å²) in [6.45, 7) is 2.61. The molecule has 4 nitrogen and oxygen atoms in total. The quantitative estimate of drug-likeness (QED) is 0.573. The van der Waals surface area contributed by atoms with Crippen molar-refractivity contribution in [2.45, 2.75) is 25.9 Å². The van der Waals surface area contributed by atoms with Crippen molar-refractivity contribution in [1.29, 1.82) is 0 Å². The van der Waals surface area contributed by atoms with E-state index >= 15 is 0 Å². The number of alkyl halides is 3. The number of carbonyl (C=O) groups excluding carboxylic acids is 2. The third-order valence-electron chi connectivity index (χ3n) is 4.78. The molecule has 0 spiro atoms. The Hall–Kier alpha value is -2.83. The van der Waals surface area contributed by atoms with Gasteiger partial charge in [0.15, 0.2) is 0 Å². The molecule has 1 heterocycles. The van der Waals surface area contributed by atoms with Crippen molar-refractivity contribution in [3.05, 3.63) is 65.2 Å². The van der Waals surface area contributed by atoms with Gasteiger partial charge in [0.25, 0.3) is 5.91 Å². The van der Waals surface area contributed by atoms with Crippen molar-refractivity contribution >= 4 is 11.9 Å². The molecule has 3 rings (SSSR count). The Balaban J connectivity index is 1.56. The van der Waals surface area contributed by atoms with Gasteiger partial charge in [-0.1, -0.05) is 12.1 Å². The standard InChI is InChI=1S/C21H20F3NO3/c1-14-3-2-4-18(13-14)28-20(27)16-9-11-25(12-10-16)19(26)15-5-7-17(8-6-15)21(22,23)24/h2-8,13,16H,9-12H2,1H3. The van der Waals surface area contributed by atoms with Crippen LogP contribution in [0.3, 0.4) is 0 Å². The third kappa shape index (κ3) is 4.71. The monoisotopic (exact) mass is 391 g/mol. The van der Waals surface area contributed by atoms with Crippen LogP contribution < -0.4 is 4.74 Å². The molecule has 0 bridgehead atoms. The van der Waals surface area contributed by atoms with E-state index in [1.807, 2.05) is 19.1 Å². The second kappa shape index (κ2) is 8.04. The van der Waals surface area contributed by atoms with Gasteiger partial charge in [0.05, 0.1) is 11.5 Å². The van der Waals surface area contributed by atoms with E-state index in [2.05, 4.69) is 0 Å². The van der Waals surface area contributed by atoms with Crippen molar-refractivity contribution in [3.8, 4) is 5.75 Å². The number of likely N-dealkylation sites (tertiary alicyclic amines) is 1. The van der Waals surface area contributed by atoms with Crippen LogP contribution in [-0.4, -0.2) is 29.9 Å². The fourth-order valence-electron chi connectivity index (χ4n) is 3.18. The lowest BCUT2D eigenvalue weighted by molar-refractivity contribution is -0.140. The zero-order valence-electron chi connectivity index (χ0n) is 15.3. The smallest absolute Gasteiger partial charge is 0.416 e. The summed E-state index contributed by atoms with van der Waals surface area (Å²) < 4.78 is 43.3. The van der Waals surface area contributed by atoms with Crippen LogP contribution in [0.2, 0.25) is 0 Å². The highest BCUT2D eigenvalue weighted by Gasteiger charge is 2.32. The van der Waals surface area contributed by atoms with Crippen LogP contribution in [0, 0.1) is 12.8 Å². The highest BCUT2D eigenvalue weighted by molar-refractivity contribution is 5.94. The summed E-state index contributed by atoms with van der Waals surface area (Å²) in [7, 11) is 0. The minimum Gasteiger partial charge on any atom is -0.426 e. The molecule has 1 aliphatic heterocycles. The number of esters is 1. The number of benzene rings is 2. The second-order valence-corrected chi connectivity index (χ2v) is 6.88. The minimum atomic E-state index is -4.43. The number of hydrogen-bond acceptors (Lipinski definition) is 3. The van der Waals surface area contributed by atoms with Crippen LogP contribution in [-0.2, 0) is 11.0 Å². The number of amides is 1. The number of hydrogen-bond donors (Lipinski definition) is 0. The van der Waals surface area contributed by atoms with Crippen molar-refractivity contribution in [3.63, 3.8) is 0 Å². The lowest BCUT2D eigenvalue weighted by Crippen LogP contribution is -2.41. The van der Waals surface area contributed by atoms with E-state index in [0.717, 1.165) is 17.7 Å².